The molecular weight excluding hydrogens is 206 g/mol. The number of likely N-dealkylation sites (tertiary alicyclic amines) is 1. The van der Waals surface area contributed by atoms with Gasteiger partial charge in [0.1, 0.15) is 0 Å². The Kier molecular flexibility index (Phi) is 5.84. The molecule has 0 radical (unpaired) electrons. The predicted octanol–water partition coefficient (Wildman–Crippen LogP) is 2.51. The molecule has 0 N–H and O–H groups in total. The highest BCUT2D eigenvalue weighted by molar-refractivity contribution is 7.80. The van der Waals surface area contributed by atoms with Crippen LogP contribution in [0.3, 0.4) is 0 Å². The zero-order chi connectivity index (χ0) is 11.1. The van der Waals surface area contributed by atoms with Gasteiger partial charge in [0.15, 0.2) is 0 Å². The van der Waals surface area contributed by atoms with E-state index in [4.69, 9.17) is 0 Å². The van der Waals surface area contributed by atoms with E-state index in [0.29, 0.717) is 5.91 Å². The van der Waals surface area contributed by atoms with Crippen LogP contribution in [0.15, 0.2) is 12.2 Å². The average molecular weight is 227 g/mol. The van der Waals surface area contributed by atoms with E-state index in [1.807, 2.05) is 17.1 Å². The third-order valence-corrected chi connectivity index (χ3v) is 3.31. The van der Waals surface area contributed by atoms with Gasteiger partial charge in [0, 0.05) is 25.3 Å². The van der Waals surface area contributed by atoms with Gasteiger partial charge in [0.05, 0.1) is 0 Å². The zero-order valence-corrected chi connectivity index (χ0v) is 10.4. The summed E-state index contributed by atoms with van der Waals surface area (Å²) in [6.07, 6.45) is 8.20. The minimum absolute atomic E-state index is 0.315. The third-order valence-electron chi connectivity index (χ3n) is 3.10. The number of amides is 1. The van der Waals surface area contributed by atoms with Gasteiger partial charge in [-0.3, -0.25) is 4.79 Å². The van der Waals surface area contributed by atoms with Crippen LogP contribution >= 0.6 is 12.6 Å². The highest BCUT2D eigenvalue weighted by atomic mass is 32.1. The second-order valence-corrected chi connectivity index (χ2v) is 4.46. The Balaban J connectivity index is 2.42. The highest BCUT2D eigenvalue weighted by Crippen LogP contribution is 2.20. The molecule has 2 nitrogen and oxygen atoms in total. The molecule has 0 aromatic carbocycles. The molecule has 1 atom stereocenters. The molecule has 1 unspecified atom stereocenters. The van der Waals surface area contributed by atoms with Crippen LogP contribution in [-0.4, -0.2) is 29.6 Å². The summed E-state index contributed by atoms with van der Waals surface area (Å²) in [7, 11) is 0. The molecule has 0 aliphatic carbocycles. The summed E-state index contributed by atoms with van der Waals surface area (Å²) in [6.45, 7) is 3.90. The second-order valence-electron chi connectivity index (χ2n) is 4.10. The SMILES string of the molecule is CCC1CCC(=O)N(CC=CCS)CC1. The maximum absolute atomic E-state index is 11.7. The van der Waals surface area contributed by atoms with Crippen molar-refractivity contribution in [1.29, 1.82) is 0 Å². The fraction of sp³-hybridized carbons (Fsp3) is 0.750. The molecule has 0 aromatic rings. The largest absolute Gasteiger partial charge is 0.339 e. The highest BCUT2D eigenvalue weighted by Gasteiger charge is 2.20. The first-order chi connectivity index (χ1) is 7.27. The Morgan fingerprint density at radius 2 is 2.27 bits per heavy atom. The smallest absolute Gasteiger partial charge is 0.222 e. The van der Waals surface area contributed by atoms with E-state index in [-0.39, 0.29) is 0 Å². The molecule has 0 aromatic heterocycles. The van der Waals surface area contributed by atoms with Crippen molar-refractivity contribution in [2.75, 3.05) is 18.8 Å². The Labute approximate surface area is 98.1 Å². The zero-order valence-electron chi connectivity index (χ0n) is 9.48. The minimum atomic E-state index is 0.315. The lowest BCUT2D eigenvalue weighted by Crippen LogP contribution is -2.30. The molecule has 1 aliphatic heterocycles. The summed E-state index contributed by atoms with van der Waals surface area (Å²) < 4.78 is 0. The molecule has 0 bridgehead atoms. The van der Waals surface area contributed by atoms with Gasteiger partial charge in [-0.05, 0) is 18.8 Å². The van der Waals surface area contributed by atoms with E-state index >= 15 is 0 Å². The molecule has 1 aliphatic rings. The van der Waals surface area contributed by atoms with Gasteiger partial charge in [0.2, 0.25) is 5.91 Å². The van der Waals surface area contributed by atoms with Gasteiger partial charge in [-0.15, -0.1) is 0 Å². The molecule has 0 saturated carbocycles. The lowest BCUT2D eigenvalue weighted by Gasteiger charge is -2.18. The van der Waals surface area contributed by atoms with Crippen molar-refractivity contribution in [3.63, 3.8) is 0 Å². The van der Waals surface area contributed by atoms with Crippen molar-refractivity contribution in [2.24, 2.45) is 5.92 Å². The maximum atomic E-state index is 11.7. The molecule has 1 heterocycles. The number of hydrogen-bond acceptors (Lipinski definition) is 2. The van der Waals surface area contributed by atoms with Crippen molar-refractivity contribution in [3.05, 3.63) is 12.2 Å². The van der Waals surface area contributed by atoms with Crippen LogP contribution in [0.1, 0.15) is 32.6 Å². The first-order valence-electron chi connectivity index (χ1n) is 5.81. The summed E-state index contributed by atoms with van der Waals surface area (Å²) in [4.78, 5) is 13.7. The van der Waals surface area contributed by atoms with Gasteiger partial charge in [0.25, 0.3) is 0 Å². The van der Waals surface area contributed by atoms with Crippen molar-refractivity contribution < 1.29 is 4.79 Å². The van der Waals surface area contributed by atoms with Crippen LogP contribution in [0.2, 0.25) is 0 Å². The van der Waals surface area contributed by atoms with Crippen LogP contribution in [0.25, 0.3) is 0 Å². The summed E-state index contributed by atoms with van der Waals surface area (Å²) in [5.74, 6) is 1.81. The molecular formula is C12H21NOS. The molecule has 0 spiro atoms. The summed E-state index contributed by atoms with van der Waals surface area (Å²) in [5.41, 5.74) is 0. The normalized spacial score (nSPS) is 23.5. The van der Waals surface area contributed by atoms with E-state index in [1.54, 1.807) is 0 Å². The fourth-order valence-electron chi connectivity index (χ4n) is 1.97. The van der Waals surface area contributed by atoms with E-state index in [9.17, 15) is 4.79 Å². The van der Waals surface area contributed by atoms with E-state index in [2.05, 4.69) is 19.6 Å². The quantitative estimate of drug-likeness (QED) is 0.578. The number of rotatable bonds is 4. The first-order valence-corrected chi connectivity index (χ1v) is 6.44. The van der Waals surface area contributed by atoms with Gasteiger partial charge in [-0.25, -0.2) is 0 Å². The Bertz CT molecular complexity index is 228. The Morgan fingerprint density at radius 3 is 2.93 bits per heavy atom. The lowest BCUT2D eigenvalue weighted by atomic mass is 9.98. The number of hydrogen-bond donors (Lipinski definition) is 1. The molecule has 1 saturated heterocycles. The number of thiol groups is 1. The molecule has 15 heavy (non-hydrogen) atoms. The third kappa shape index (κ3) is 4.29. The van der Waals surface area contributed by atoms with Crippen LogP contribution in [0, 0.1) is 5.92 Å². The van der Waals surface area contributed by atoms with E-state index in [0.717, 1.165) is 44.0 Å². The summed E-state index contributed by atoms with van der Waals surface area (Å²) in [5, 5.41) is 0. The second kappa shape index (κ2) is 6.94. The molecule has 1 rings (SSSR count). The van der Waals surface area contributed by atoms with E-state index < -0.39 is 0 Å². The van der Waals surface area contributed by atoms with Gasteiger partial charge < -0.3 is 4.90 Å². The fourth-order valence-corrected chi connectivity index (χ4v) is 2.12. The van der Waals surface area contributed by atoms with Crippen LogP contribution in [-0.2, 0) is 4.79 Å². The number of nitrogens with zero attached hydrogens (tertiary/aromatic N) is 1. The summed E-state index contributed by atoms with van der Waals surface area (Å²) in [6, 6.07) is 0. The van der Waals surface area contributed by atoms with Crippen LogP contribution < -0.4 is 0 Å². The summed E-state index contributed by atoms with van der Waals surface area (Å²) >= 11 is 4.10. The van der Waals surface area contributed by atoms with Crippen molar-refractivity contribution >= 4 is 18.5 Å². The maximum Gasteiger partial charge on any atom is 0.222 e. The predicted molar refractivity (Wildman–Crippen MR) is 67.2 cm³/mol. The standard InChI is InChI=1S/C12H21NOS/c1-2-11-5-6-12(14)13(9-7-11)8-3-4-10-15/h3-4,11,15H,2,5-10H2,1H3. The van der Waals surface area contributed by atoms with Crippen molar-refractivity contribution in [2.45, 2.75) is 32.6 Å². The molecule has 1 amide bonds. The Morgan fingerprint density at radius 1 is 1.47 bits per heavy atom. The first kappa shape index (κ1) is 12.6. The average Bonchev–Trinajstić information content (AvgIpc) is 2.42. The topological polar surface area (TPSA) is 20.3 Å². The number of carbonyl (C=O) groups is 1. The van der Waals surface area contributed by atoms with Crippen molar-refractivity contribution in [1.82, 2.24) is 4.90 Å². The molecule has 3 heteroatoms. The van der Waals surface area contributed by atoms with E-state index in [1.165, 1.54) is 6.42 Å². The number of carbonyl (C=O) groups excluding carboxylic acids is 1. The minimum Gasteiger partial charge on any atom is -0.339 e. The lowest BCUT2D eigenvalue weighted by molar-refractivity contribution is -0.130. The van der Waals surface area contributed by atoms with Gasteiger partial charge >= 0.3 is 0 Å². The van der Waals surface area contributed by atoms with Gasteiger partial charge in [-0.1, -0.05) is 25.5 Å². The van der Waals surface area contributed by atoms with Gasteiger partial charge in [-0.2, -0.15) is 12.6 Å². The van der Waals surface area contributed by atoms with Crippen molar-refractivity contribution in [3.8, 4) is 0 Å². The Hall–Kier alpha value is -0.440. The monoisotopic (exact) mass is 227 g/mol. The van der Waals surface area contributed by atoms with Crippen LogP contribution in [0.5, 0.6) is 0 Å². The molecule has 86 valence electrons. The van der Waals surface area contributed by atoms with Crippen LogP contribution in [0.4, 0.5) is 0 Å². The molecule has 1 fully saturated rings.